The summed E-state index contributed by atoms with van der Waals surface area (Å²) in [7, 11) is 0. The largest absolute Gasteiger partial charge is 0.351 e. The fraction of sp³-hybridized carbons (Fsp3) is 0.619. The van der Waals surface area contributed by atoms with E-state index in [1.807, 2.05) is 32.0 Å². The molecule has 1 fully saturated rings. The summed E-state index contributed by atoms with van der Waals surface area (Å²) in [6.45, 7) is 15.1. The van der Waals surface area contributed by atoms with Gasteiger partial charge in [-0.1, -0.05) is 32.9 Å². The minimum Gasteiger partial charge on any atom is -0.351 e. The van der Waals surface area contributed by atoms with Crippen LogP contribution in [0.25, 0.3) is 0 Å². The summed E-state index contributed by atoms with van der Waals surface area (Å²) in [5.74, 6) is -0.274. The zero-order valence-electron chi connectivity index (χ0n) is 16.7. The summed E-state index contributed by atoms with van der Waals surface area (Å²) in [5.41, 5.74) is 2.95. The fourth-order valence-electron chi connectivity index (χ4n) is 3.93. The van der Waals surface area contributed by atoms with E-state index < -0.39 is 0 Å². The molecule has 1 heterocycles. The lowest BCUT2D eigenvalue weighted by molar-refractivity contribution is -0.128. The van der Waals surface area contributed by atoms with Crippen molar-refractivity contribution in [1.29, 1.82) is 0 Å². The van der Waals surface area contributed by atoms with Crippen molar-refractivity contribution < 1.29 is 9.59 Å². The smallest absolute Gasteiger partial charge is 0.227 e. The van der Waals surface area contributed by atoms with Gasteiger partial charge in [-0.15, -0.1) is 0 Å². The molecule has 4 heteroatoms. The number of carbonyl (C=O) groups is 2. The molecule has 2 amide bonds. The van der Waals surface area contributed by atoms with Gasteiger partial charge in [0.15, 0.2) is 0 Å². The molecule has 4 nitrogen and oxygen atoms in total. The van der Waals surface area contributed by atoms with Gasteiger partial charge in [0.25, 0.3) is 0 Å². The number of nitrogens with zero attached hydrogens (tertiary/aromatic N) is 1. The van der Waals surface area contributed by atoms with Crippen LogP contribution in [-0.4, -0.2) is 23.9 Å². The summed E-state index contributed by atoms with van der Waals surface area (Å²) in [6.07, 6.45) is 1.16. The Morgan fingerprint density at radius 1 is 1.20 bits per heavy atom. The molecular weight excluding hydrogens is 312 g/mol. The average molecular weight is 344 g/mol. The zero-order chi connectivity index (χ0) is 19.0. The van der Waals surface area contributed by atoms with E-state index in [2.05, 4.69) is 39.9 Å². The maximum atomic E-state index is 12.7. The monoisotopic (exact) mass is 344 g/mol. The van der Waals surface area contributed by atoms with Crippen LogP contribution in [0.1, 0.15) is 58.6 Å². The van der Waals surface area contributed by atoms with E-state index in [0.29, 0.717) is 6.54 Å². The quantitative estimate of drug-likeness (QED) is 0.898. The van der Waals surface area contributed by atoms with Crippen LogP contribution in [0.4, 0.5) is 5.69 Å². The Labute approximate surface area is 152 Å². The molecule has 138 valence electrons. The van der Waals surface area contributed by atoms with Gasteiger partial charge in [-0.25, -0.2) is 0 Å². The Hall–Kier alpha value is -1.84. The van der Waals surface area contributed by atoms with Gasteiger partial charge < -0.3 is 10.2 Å². The number of anilines is 1. The van der Waals surface area contributed by atoms with E-state index in [1.165, 1.54) is 0 Å². The Kier molecular flexibility index (Phi) is 5.31. The molecule has 0 spiro atoms. The van der Waals surface area contributed by atoms with Gasteiger partial charge in [0, 0.05) is 24.2 Å². The average Bonchev–Trinajstić information content (AvgIpc) is 2.80. The van der Waals surface area contributed by atoms with Crippen LogP contribution in [0.3, 0.4) is 0 Å². The Morgan fingerprint density at radius 2 is 1.84 bits per heavy atom. The van der Waals surface area contributed by atoms with Crippen molar-refractivity contribution in [3.8, 4) is 0 Å². The van der Waals surface area contributed by atoms with Crippen molar-refractivity contribution in [3.63, 3.8) is 0 Å². The normalized spacial score (nSPS) is 18.6. The summed E-state index contributed by atoms with van der Waals surface area (Å²) in [6, 6.07) is 6.09. The Balaban J connectivity index is 2.09. The van der Waals surface area contributed by atoms with Gasteiger partial charge in [-0.2, -0.15) is 0 Å². The molecule has 2 rings (SSSR count). The third kappa shape index (κ3) is 5.07. The standard InChI is InChI=1S/C21H32N2O2/c1-14-8-9-15(2)17(10-14)23-12-16(11-18(23)24)19(25)22-21(6,7)13-20(3,4)5/h8-10,16H,11-13H2,1-7H3,(H,22,25). The number of aryl methyl sites for hydroxylation is 2. The highest BCUT2D eigenvalue weighted by atomic mass is 16.2. The molecule has 0 radical (unpaired) electrons. The molecule has 1 atom stereocenters. The van der Waals surface area contributed by atoms with Crippen molar-refractivity contribution in [2.75, 3.05) is 11.4 Å². The van der Waals surface area contributed by atoms with E-state index in [1.54, 1.807) is 4.90 Å². The van der Waals surface area contributed by atoms with Gasteiger partial charge in [0.05, 0.1) is 5.92 Å². The second-order valence-electron chi connectivity index (χ2n) is 9.31. The van der Waals surface area contributed by atoms with E-state index in [-0.39, 0.29) is 35.1 Å². The second kappa shape index (κ2) is 6.81. The maximum absolute atomic E-state index is 12.7. The first-order valence-electron chi connectivity index (χ1n) is 9.08. The molecule has 1 aromatic carbocycles. The minimum atomic E-state index is -0.287. The summed E-state index contributed by atoms with van der Waals surface area (Å²) in [4.78, 5) is 27.0. The highest BCUT2D eigenvalue weighted by molar-refractivity contribution is 6.01. The van der Waals surface area contributed by atoms with Gasteiger partial charge in [-0.05, 0) is 56.7 Å². The molecule has 1 N–H and O–H groups in total. The summed E-state index contributed by atoms with van der Waals surface area (Å²) >= 11 is 0. The van der Waals surface area contributed by atoms with Crippen LogP contribution in [0, 0.1) is 25.2 Å². The maximum Gasteiger partial charge on any atom is 0.227 e. The zero-order valence-corrected chi connectivity index (χ0v) is 16.7. The van der Waals surface area contributed by atoms with Crippen LogP contribution in [0.2, 0.25) is 0 Å². The lowest BCUT2D eigenvalue weighted by Crippen LogP contribution is -2.48. The SMILES string of the molecule is Cc1ccc(C)c(N2CC(C(=O)NC(C)(C)CC(C)(C)C)CC2=O)c1. The predicted molar refractivity (Wildman–Crippen MR) is 103 cm³/mol. The van der Waals surface area contributed by atoms with Gasteiger partial charge in [0.2, 0.25) is 11.8 Å². The first-order valence-corrected chi connectivity index (χ1v) is 9.08. The number of benzene rings is 1. The van der Waals surface area contributed by atoms with E-state index >= 15 is 0 Å². The Morgan fingerprint density at radius 3 is 2.44 bits per heavy atom. The highest BCUT2D eigenvalue weighted by Gasteiger charge is 2.38. The second-order valence-corrected chi connectivity index (χ2v) is 9.31. The van der Waals surface area contributed by atoms with E-state index in [4.69, 9.17) is 0 Å². The number of carbonyl (C=O) groups excluding carboxylic acids is 2. The molecule has 0 aliphatic carbocycles. The topological polar surface area (TPSA) is 49.4 Å². The molecule has 25 heavy (non-hydrogen) atoms. The molecule has 1 unspecified atom stereocenters. The molecule has 0 aromatic heterocycles. The van der Waals surface area contributed by atoms with Crippen LogP contribution < -0.4 is 10.2 Å². The molecular formula is C21H32N2O2. The summed E-state index contributed by atoms with van der Waals surface area (Å²) in [5, 5.41) is 3.16. The van der Waals surface area contributed by atoms with Crippen molar-refractivity contribution in [2.24, 2.45) is 11.3 Å². The van der Waals surface area contributed by atoms with Gasteiger partial charge in [0.1, 0.15) is 0 Å². The molecule has 1 aliphatic heterocycles. The van der Waals surface area contributed by atoms with Crippen molar-refractivity contribution in [3.05, 3.63) is 29.3 Å². The molecule has 0 saturated carbocycles. The minimum absolute atomic E-state index is 0.0181. The van der Waals surface area contributed by atoms with Crippen LogP contribution in [-0.2, 0) is 9.59 Å². The number of amides is 2. The number of hydrogen-bond acceptors (Lipinski definition) is 2. The molecule has 1 aromatic rings. The predicted octanol–water partition coefficient (Wildman–Crippen LogP) is 3.99. The van der Waals surface area contributed by atoms with Crippen molar-refractivity contribution in [1.82, 2.24) is 5.32 Å². The van der Waals surface area contributed by atoms with Crippen LogP contribution in [0.15, 0.2) is 18.2 Å². The first-order chi connectivity index (χ1) is 11.4. The third-order valence-electron chi connectivity index (χ3n) is 4.59. The molecule has 0 bridgehead atoms. The van der Waals surface area contributed by atoms with Crippen LogP contribution >= 0.6 is 0 Å². The molecule has 1 saturated heterocycles. The number of rotatable bonds is 4. The third-order valence-corrected chi connectivity index (χ3v) is 4.59. The lowest BCUT2D eigenvalue weighted by atomic mass is 9.81. The molecule has 1 aliphatic rings. The number of nitrogens with one attached hydrogen (secondary N) is 1. The summed E-state index contributed by atoms with van der Waals surface area (Å²) < 4.78 is 0. The van der Waals surface area contributed by atoms with Crippen molar-refractivity contribution >= 4 is 17.5 Å². The highest BCUT2D eigenvalue weighted by Crippen LogP contribution is 2.30. The van der Waals surface area contributed by atoms with E-state index in [0.717, 1.165) is 23.2 Å². The fourth-order valence-corrected chi connectivity index (χ4v) is 3.93. The first kappa shape index (κ1) is 19.5. The lowest BCUT2D eigenvalue weighted by Gasteiger charge is -2.34. The van der Waals surface area contributed by atoms with Crippen molar-refractivity contribution in [2.45, 2.75) is 66.8 Å². The Bertz CT molecular complexity index is 671. The van der Waals surface area contributed by atoms with Gasteiger partial charge >= 0.3 is 0 Å². The van der Waals surface area contributed by atoms with Crippen LogP contribution in [0.5, 0.6) is 0 Å². The van der Waals surface area contributed by atoms with Gasteiger partial charge in [-0.3, -0.25) is 9.59 Å². The number of hydrogen-bond donors (Lipinski definition) is 1. The van der Waals surface area contributed by atoms with E-state index in [9.17, 15) is 9.59 Å².